The Labute approximate surface area is 204 Å². The fourth-order valence-electron chi connectivity index (χ4n) is 4.04. The van der Waals surface area contributed by atoms with Crippen LogP contribution in [-0.2, 0) is 4.79 Å². The summed E-state index contributed by atoms with van der Waals surface area (Å²) in [5.74, 6) is -0.596. The average Bonchev–Trinajstić information content (AvgIpc) is 3.09. The van der Waals surface area contributed by atoms with E-state index in [9.17, 15) is 14.9 Å². The van der Waals surface area contributed by atoms with E-state index in [1.807, 2.05) is 32.0 Å². The number of hydrogen-bond donors (Lipinski definition) is 3. The molecule has 1 fully saturated rings. The number of nitrogens with zero attached hydrogens (tertiary/aromatic N) is 1. The number of nitriles is 1. The second-order valence-electron chi connectivity index (χ2n) is 8.46. The first kappa shape index (κ1) is 24.9. The van der Waals surface area contributed by atoms with E-state index in [-0.39, 0.29) is 24.0 Å². The van der Waals surface area contributed by atoms with Crippen molar-refractivity contribution in [1.82, 2.24) is 10.6 Å². The molecule has 1 aliphatic heterocycles. The molecule has 8 heteroatoms. The zero-order valence-corrected chi connectivity index (χ0v) is 20.3. The van der Waals surface area contributed by atoms with Crippen molar-refractivity contribution < 1.29 is 9.59 Å². The van der Waals surface area contributed by atoms with Gasteiger partial charge in [0.05, 0.1) is 18.0 Å². The van der Waals surface area contributed by atoms with Crippen molar-refractivity contribution in [3.8, 4) is 6.07 Å². The summed E-state index contributed by atoms with van der Waals surface area (Å²) >= 11 is 12.5. The van der Waals surface area contributed by atoms with Crippen LogP contribution in [0.5, 0.6) is 0 Å². The predicted molar refractivity (Wildman–Crippen MR) is 132 cm³/mol. The van der Waals surface area contributed by atoms with Gasteiger partial charge in [-0.2, -0.15) is 5.26 Å². The Morgan fingerprint density at radius 2 is 1.88 bits per heavy atom. The van der Waals surface area contributed by atoms with Crippen molar-refractivity contribution in [3.63, 3.8) is 0 Å². The Bertz CT molecular complexity index is 1050. The number of rotatable bonds is 9. The number of hydrogen-bond acceptors (Lipinski definition) is 3. The summed E-state index contributed by atoms with van der Waals surface area (Å²) in [6.45, 7) is 3.87. The molecular weight excluding hydrogens is 459 g/mol. The van der Waals surface area contributed by atoms with E-state index in [1.165, 1.54) is 0 Å². The van der Waals surface area contributed by atoms with Crippen LogP contribution < -0.4 is 16.0 Å². The van der Waals surface area contributed by atoms with Gasteiger partial charge >= 0.3 is 6.03 Å². The predicted octanol–water partition coefficient (Wildman–Crippen LogP) is 5.92. The molecule has 0 unspecified atom stereocenters. The highest BCUT2D eigenvalue weighted by Gasteiger charge is 2.26. The number of halogens is 2. The van der Waals surface area contributed by atoms with Crippen molar-refractivity contribution in [3.05, 3.63) is 63.1 Å². The molecule has 0 spiro atoms. The van der Waals surface area contributed by atoms with E-state index in [0.29, 0.717) is 27.7 Å². The number of carbonyl (C=O) groups is 2. The monoisotopic (exact) mass is 486 g/mol. The number of carbonyl (C=O) groups excluding carboxylic acids is 2. The minimum atomic E-state index is -0.527. The summed E-state index contributed by atoms with van der Waals surface area (Å²) in [6.07, 6.45) is 3.94. The first-order chi connectivity index (χ1) is 15.8. The standard InChI is InChI=1S/C25H28Cl2N4O2/c1-15-12-19(20(14-28)17-8-10-18(26)11-9-17)21(27)13-23(15)30-24(32)7-5-3-4-6-22-16(2)29-25(33)31-22/h8-13,16,20,22H,3-7H2,1-2H3,(H,30,32)(H2,29,31,33)/t16-,20+,22-/m1/s1. The fourth-order valence-corrected chi connectivity index (χ4v) is 4.44. The number of unbranched alkanes of at least 4 members (excludes halogenated alkanes) is 2. The van der Waals surface area contributed by atoms with Gasteiger partial charge in [0.2, 0.25) is 5.91 Å². The number of nitrogens with one attached hydrogen (secondary N) is 3. The molecule has 1 saturated heterocycles. The van der Waals surface area contributed by atoms with E-state index in [2.05, 4.69) is 22.0 Å². The second kappa shape index (κ2) is 11.4. The molecule has 2 aromatic carbocycles. The molecule has 0 radical (unpaired) electrons. The molecule has 0 aromatic heterocycles. The van der Waals surface area contributed by atoms with Crippen LogP contribution in [0, 0.1) is 18.3 Å². The van der Waals surface area contributed by atoms with E-state index in [0.717, 1.165) is 36.8 Å². The summed E-state index contributed by atoms with van der Waals surface area (Å²) in [4.78, 5) is 23.8. The normalized spacial score (nSPS) is 18.2. The third-order valence-electron chi connectivity index (χ3n) is 5.96. The van der Waals surface area contributed by atoms with Crippen LogP contribution in [-0.4, -0.2) is 24.0 Å². The van der Waals surface area contributed by atoms with Crippen LogP contribution >= 0.6 is 23.2 Å². The lowest BCUT2D eigenvalue weighted by Gasteiger charge is -2.16. The molecule has 0 saturated carbocycles. The number of benzene rings is 2. The smallest absolute Gasteiger partial charge is 0.315 e. The molecule has 1 aliphatic rings. The molecule has 2 aromatic rings. The number of aryl methyl sites for hydroxylation is 1. The molecule has 0 bridgehead atoms. The van der Waals surface area contributed by atoms with Crippen molar-refractivity contribution >= 4 is 40.8 Å². The summed E-state index contributed by atoms with van der Waals surface area (Å²) in [7, 11) is 0. The van der Waals surface area contributed by atoms with Crippen LogP contribution in [0.4, 0.5) is 10.5 Å². The van der Waals surface area contributed by atoms with Crippen molar-refractivity contribution in [2.24, 2.45) is 0 Å². The highest BCUT2D eigenvalue weighted by atomic mass is 35.5. The lowest BCUT2D eigenvalue weighted by atomic mass is 9.91. The molecule has 3 amide bonds. The van der Waals surface area contributed by atoms with E-state index in [4.69, 9.17) is 23.2 Å². The van der Waals surface area contributed by atoms with Crippen LogP contribution in [0.1, 0.15) is 61.6 Å². The Kier molecular flexibility index (Phi) is 8.60. The minimum Gasteiger partial charge on any atom is -0.334 e. The highest BCUT2D eigenvalue weighted by molar-refractivity contribution is 6.32. The first-order valence-electron chi connectivity index (χ1n) is 11.1. The quantitative estimate of drug-likeness (QED) is 0.384. The van der Waals surface area contributed by atoms with Gasteiger partial charge in [0.15, 0.2) is 0 Å². The number of amides is 3. The van der Waals surface area contributed by atoms with E-state index < -0.39 is 5.92 Å². The summed E-state index contributed by atoms with van der Waals surface area (Å²) in [5.41, 5.74) is 2.99. The third kappa shape index (κ3) is 6.63. The van der Waals surface area contributed by atoms with Crippen LogP contribution in [0.2, 0.25) is 10.0 Å². The molecular formula is C25H28Cl2N4O2. The van der Waals surface area contributed by atoms with Gasteiger partial charge in [0.1, 0.15) is 0 Å². The molecule has 174 valence electrons. The van der Waals surface area contributed by atoms with E-state index >= 15 is 0 Å². The molecule has 3 rings (SSSR count). The molecule has 33 heavy (non-hydrogen) atoms. The van der Waals surface area contributed by atoms with Crippen LogP contribution in [0.3, 0.4) is 0 Å². The van der Waals surface area contributed by atoms with Crippen molar-refractivity contribution in [1.29, 1.82) is 5.26 Å². The fraction of sp³-hybridized carbons (Fsp3) is 0.400. The molecule has 1 heterocycles. The molecule has 3 N–H and O–H groups in total. The van der Waals surface area contributed by atoms with Gasteiger partial charge in [-0.05, 0) is 61.6 Å². The zero-order chi connectivity index (χ0) is 24.0. The maximum atomic E-state index is 12.4. The summed E-state index contributed by atoms with van der Waals surface area (Å²) in [6, 6.07) is 13.2. The zero-order valence-electron chi connectivity index (χ0n) is 18.8. The Morgan fingerprint density at radius 1 is 1.15 bits per heavy atom. The van der Waals surface area contributed by atoms with Gasteiger partial charge in [0.25, 0.3) is 0 Å². The maximum absolute atomic E-state index is 12.4. The summed E-state index contributed by atoms with van der Waals surface area (Å²) < 4.78 is 0. The van der Waals surface area contributed by atoms with Gasteiger partial charge in [-0.15, -0.1) is 0 Å². The van der Waals surface area contributed by atoms with Gasteiger partial charge in [0, 0.05) is 28.2 Å². The minimum absolute atomic E-state index is 0.0688. The Balaban J connectivity index is 1.53. The topological polar surface area (TPSA) is 94.0 Å². The third-order valence-corrected chi connectivity index (χ3v) is 6.54. The second-order valence-corrected chi connectivity index (χ2v) is 9.31. The number of anilines is 1. The first-order valence-corrected chi connectivity index (χ1v) is 11.9. The molecule has 0 aliphatic carbocycles. The van der Waals surface area contributed by atoms with Gasteiger partial charge in [-0.3, -0.25) is 4.79 Å². The van der Waals surface area contributed by atoms with Crippen molar-refractivity contribution in [2.45, 2.75) is 64.0 Å². The van der Waals surface area contributed by atoms with Gasteiger partial charge in [-0.1, -0.05) is 54.2 Å². The Hall–Kier alpha value is -2.75. The molecule has 3 atom stereocenters. The van der Waals surface area contributed by atoms with E-state index in [1.54, 1.807) is 18.2 Å². The lowest BCUT2D eigenvalue weighted by molar-refractivity contribution is -0.116. The number of urea groups is 1. The largest absolute Gasteiger partial charge is 0.334 e. The average molecular weight is 487 g/mol. The highest BCUT2D eigenvalue weighted by Crippen LogP contribution is 2.34. The van der Waals surface area contributed by atoms with Gasteiger partial charge in [-0.25, -0.2) is 4.79 Å². The Morgan fingerprint density at radius 3 is 2.52 bits per heavy atom. The summed E-state index contributed by atoms with van der Waals surface area (Å²) in [5, 5.41) is 19.5. The van der Waals surface area contributed by atoms with Gasteiger partial charge < -0.3 is 16.0 Å². The molecule has 6 nitrogen and oxygen atoms in total. The lowest BCUT2D eigenvalue weighted by Crippen LogP contribution is -2.30. The SMILES string of the molecule is Cc1cc([C@@H](C#N)c2ccc(Cl)cc2)c(Cl)cc1NC(=O)CCCCC[C@H]1NC(=O)N[C@@H]1C. The van der Waals surface area contributed by atoms with Crippen LogP contribution in [0.15, 0.2) is 36.4 Å². The maximum Gasteiger partial charge on any atom is 0.315 e. The van der Waals surface area contributed by atoms with Crippen LogP contribution in [0.25, 0.3) is 0 Å². The van der Waals surface area contributed by atoms with Crippen molar-refractivity contribution in [2.75, 3.05) is 5.32 Å².